The number of aromatic nitrogens is 1. The van der Waals surface area contributed by atoms with Gasteiger partial charge in [-0.2, -0.15) is 0 Å². The maximum absolute atomic E-state index is 11.2. The summed E-state index contributed by atoms with van der Waals surface area (Å²) in [7, 11) is 0. The Morgan fingerprint density at radius 2 is 1.68 bits per heavy atom. The number of rotatable bonds is 2. The molecule has 2 rings (SSSR count). The molecular weight excluding hydrogens is 312 g/mol. The molecule has 0 unspecified atom stereocenters. The first-order chi connectivity index (χ1) is 8.90. The number of aromatic amines is 1. The maximum Gasteiger partial charge on any atom is 0.353 e. The topological polar surface area (TPSA) is 70.2 Å². The third-order valence-corrected chi connectivity index (χ3v) is 3.62. The van der Waals surface area contributed by atoms with Gasteiger partial charge in [0.15, 0.2) is 0 Å². The summed E-state index contributed by atoms with van der Waals surface area (Å²) in [5, 5.41) is 9.67. The fraction of sp³-hybridized carbons (Fsp3) is 0. The van der Waals surface area contributed by atoms with Gasteiger partial charge >= 0.3 is 5.97 Å². The Balaban J connectivity index is 2.72. The molecule has 7 heteroatoms. The quantitative estimate of drug-likeness (QED) is 0.829. The number of carboxylic acid groups (broad SMARTS) is 1. The van der Waals surface area contributed by atoms with Crippen molar-refractivity contribution in [2.45, 2.75) is 0 Å². The smallest absolute Gasteiger partial charge is 0.353 e. The number of carbonyl (C=O) groups is 1. The lowest BCUT2D eigenvalue weighted by molar-refractivity contribution is 0.0691. The van der Waals surface area contributed by atoms with Crippen LogP contribution in [-0.4, -0.2) is 16.1 Å². The molecule has 0 saturated heterocycles. The Morgan fingerprint density at radius 1 is 1.11 bits per heavy atom. The lowest BCUT2D eigenvalue weighted by Crippen LogP contribution is -2.12. The van der Waals surface area contributed by atoms with Gasteiger partial charge in [-0.1, -0.05) is 34.8 Å². The molecule has 0 radical (unpaired) electrons. The highest BCUT2D eigenvalue weighted by molar-refractivity contribution is 6.48. The first-order valence-corrected chi connectivity index (χ1v) is 6.15. The zero-order valence-corrected chi connectivity index (χ0v) is 11.5. The van der Waals surface area contributed by atoms with E-state index in [9.17, 15) is 9.59 Å². The minimum absolute atomic E-state index is 0.188. The highest BCUT2D eigenvalue weighted by Gasteiger charge is 2.15. The van der Waals surface area contributed by atoms with Crippen LogP contribution < -0.4 is 5.56 Å². The number of hydrogen-bond acceptors (Lipinski definition) is 2. The van der Waals surface area contributed by atoms with Gasteiger partial charge in [-0.05, 0) is 23.8 Å². The summed E-state index contributed by atoms with van der Waals surface area (Å²) in [6.07, 6.45) is 0. The minimum Gasteiger partial charge on any atom is -0.477 e. The molecule has 0 atom stereocenters. The second kappa shape index (κ2) is 5.25. The van der Waals surface area contributed by atoms with E-state index in [0.717, 1.165) is 0 Å². The molecule has 1 aromatic carbocycles. The zero-order valence-electron chi connectivity index (χ0n) is 9.21. The second-order valence-corrected chi connectivity index (χ2v) is 4.86. The van der Waals surface area contributed by atoms with E-state index in [4.69, 9.17) is 39.9 Å². The molecule has 2 N–H and O–H groups in total. The molecule has 98 valence electrons. The van der Waals surface area contributed by atoms with E-state index >= 15 is 0 Å². The molecule has 19 heavy (non-hydrogen) atoms. The Kier molecular flexibility index (Phi) is 3.85. The summed E-state index contributed by atoms with van der Waals surface area (Å²) < 4.78 is 0. The molecular formula is C12H6Cl3NO3. The zero-order chi connectivity index (χ0) is 14.2. The summed E-state index contributed by atoms with van der Waals surface area (Å²) in [4.78, 5) is 24.5. The van der Waals surface area contributed by atoms with E-state index in [0.29, 0.717) is 11.1 Å². The van der Waals surface area contributed by atoms with Gasteiger partial charge in [0.1, 0.15) is 5.69 Å². The molecule has 0 aliphatic rings. The van der Waals surface area contributed by atoms with Gasteiger partial charge in [0.05, 0.1) is 15.1 Å². The molecule has 0 saturated carbocycles. The molecule has 0 spiro atoms. The van der Waals surface area contributed by atoms with Crippen LogP contribution in [0.1, 0.15) is 10.5 Å². The van der Waals surface area contributed by atoms with Crippen LogP contribution in [0.15, 0.2) is 29.1 Å². The lowest BCUT2D eigenvalue weighted by Gasteiger charge is -2.08. The van der Waals surface area contributed by atoms with Crippen LogP contribution >= 0.6 is 34.8 Å². The van der Waals surface area contributed by atoms with Crippen molar-refractivity contribution in [1.29, 1.82) is 0 Å². The van der Waals surface area contributed by atoms with Gasteiger partial charge in [-0.3, -0.25) is 4.79 Å². The maximum atomic E-state index is 11.2. The van der Waals surface area contributed by atoms with Crippen molar-refractivity contribution in [2.75, 3.05) is 0 Å². The van der Waals surface area contributed by atoms with Crippen molar-refractivity contribution >= 4 is 40.8 Å². The first-order valence-electron chi connectivity index (χ1n) is 5.01. The van der Waals surface area contributed by atoms with Gasteiger partial charge in [-0.25, -0.2) is 4.79 Å². The summed E-state index contributed by atoms with van der Waals surface area (Å²) >= 11 is 17.6. The van der Waals surface area contributed by atoms with Crippen LogP contribution in [0.4, 0.5) is 0 Å². The Morgan fingerprint density at radius 3 is 2.21 bits per heavy atom. The normalized spacial score (nSPS) is 10.5. The number of carboxylic acids is 1. The third-order valence-electron chi connectivity index (χ3n) is 2.43. The van der Waals surface area contributed by atoms with Crippen molar-refractivity contribution in [3.8, 4) is 11.1 Å². The van der Waals surface area contributed by atoms with Crippen LogP contribution in [0, 0.1) is 0 Å². The fourth-order valence-electron chi connectivity index (χ4n) is 1.59. The molecule has 2 aromatic rings. The highest BCUT2D eigenvalue weighted by Crippen LogP contribution is 2.35. The van der Waals surface area contributed by atoms with Gasteiger partial charge in [0, 0.05) is 11.6 Å². The van der Waals surface area contributed by atoms with E-state index < -0.39 is 11.5 Å². The number of pyridine rings is 1. The van der Waals surface area contributed by atoms with Crippen molar-refractivity contribution < 1.29 is 9.90 Å². The van der Waals surface area contributed by atoms with Crippen LogP contribution in [0.3, 0.4) is 0 Å². The molecule has 0 aliphatic carbocycles. The summed E-state index contributed by atoms with van der Waals surface area (Å²) in [5.41, 5.74) is 0.00915. The van der Waals surface area contributed by atoms with Crippen molar-refractivity contribution in [3.63, 3.8) is 0 Å². The number of hydrogen-bond donors (Lipinski definition) is 2. The lowest BCUT2D eigenvalue weighted by atomic mass is 10.0. The summed E-state index contributed by atoms with van der Waals surface area (Å²) in [6.45, 7) is 0. The van der Waals surface area contributed by atoms with E-state index in [2.05, 4.69) is 4.98 Å². The molecule has 1 aromatic heterocycles. The van der Waals surface area contributed by atoms with Gasteiger partial charge in [0.2, 0.25) is 5.56 Å². The average molecular weight is 319 g/mol. The van der Waals surface area contributed by atoms with E-state index in [1.807, 2.05) is 0 Å². The number of nitrogens with one attached hydrogen (secondary N) is 1. The van der Waals surface area contributed by atoms with E-state index in [1.165, 1.54) is 24.3 Å². The molecule has 0 bridgehead atoms. The fourth-order valence-corrected chi connectivity index (χ4v) is 2.19. The van der Waals surface area contributed by atoms with Crippen LogP contribution in [0.5, 0.6) is 0 Å². The predicted octanol–water partition coefficient (Wildman–Crippen LogP) is 3.70. The van der Waals surface area contributed by atoms with Crippen LogP contribution in [0.25, 0.3) is 11.1 Å². The number of benzene rings is 1. The molecule has 1 heterocycles. The summed E-state index contributed by atoms with van der Waals surface area (Å²) in [5.74, 6) is -1.25. The monoisotopic (exact) mass is 317 g/mol. The van der Waals surface area contributed by atoms with Gasteiger partial charge in [-0.15, -0.1) is 0 Å². The molecule has 0 fully saturated rings. The highest BCUT2D eigenvalue weighted by atomic mass is 35.5. The van der Waals surface area contributed by atoms with Crippen LogP contribution in [-0.2, 0) is 0 Å². The Hall–Kier alpha value is -1.49. The van der Waals surface area contributed by atoms with E-state index in [1.54, 1.807) is 0 Å². The molecule has 0 amide bonds. The number of H-pyrrole nitrogens is 1. The van der Waals surface area contributed by atoms with Gasteiger partial charge in [0.25, 0.3) is 0 Å². The Labute approximate surface area is 122 Å². The second-order valence-electron chi connectivity index (χ2n) is 3.67. The number of aromatic carboxylic acids is 1. The number of halogens is 3. The van der Waals surface area contributed by atoms with E-state index in [-0.39, 0.29) is 20.8 Å². The first kappa shape index (κ1) is 13.9. The SMILES string of the molecule is O=C(O)c1[nH]c(=O)ccc1-c1cc(Cl)c(Cl)c(Cl)c1. The molecule has 0 aliphatic heterocycles. The van der Waals surface area contributed by atoms with Crippen molar-refractivity contribution in [2.24, 2.45) is 0 Å². The third kappa shape index (κ3) is 2.76. The van der Waals surface area contributed by atoms with Crippen molar-refractivity contribution in [1.82, 2.24) is 4.98 Å². The van der Waals surface area contributed by atoms with Gasteiger partial charge < -0.3 is 10.1 Å². The predicted molar refractivity (Wildman–Crippen MR) is 74.5 cm³/mol. The summed E-state index contributed by atoms with van der Waals surface area (Å²) in [6, 6.07) is 5.57. The minimum atomic E-state index is -1.25. The Bertz CT molecular complexity index is 701. The van der Waals surface area contributed by atoms with Crippen molar-refractivity contribution in [3.05, 3.63) is 55.4 Å². The average Bonchev–Trinajstić information content (AvgIpc) is 2.35. The van der Waals surface area contributed by atoms with Crippen LogP contribution in [0.2, 0.25) is 15.1 Å². The molecule has 4 nitrogen and oxygen atoms in total. The largest absolute Gasteiger partial charge is 0.477 e. The standard InChI is InChI=1S/C12H6Cl3NO3/c13-7-3-5(4-8(14)10(7)15)6-1-2-9(17)16-11(6)12(18)19/h1-4H,(H,16,17)(H,18,19).